The van der Waals surface area contributed by atoms with Gasteiger partial charge in [0.15, 0.2) is 11.3 Å². The average molecular weight is 367 g/mol. The van der Waals surface area contributed by atoms with Gasteiger partial charge in [-0.15, -0.1) is 0 Å². The molecule has 27 heavy (non-hydrogen) atoms. The summed E-state index contributed by atoms with van der Waals surface area (Å²) < 4.78 is 11.6. The fraction of sp³-hybridized carbons (Fsp3) is 0.368. The van der Waals surface area contributed by atoms with Crippen molar-refractivity contribution in [2.24, 2.45) is 5.92 Å². The molecule has 1 aliphatic heterocycles. The van der Waals surface area contributed by atoms with Crippen molar-refractivity contribution < 1.29 is 14.3 Å². The Balaban J connectivity index is 1.43. The summed E-state index contributed by atoms with van der Waals surface area (Å²) in [4.78, 5) is 20.4. The SMILES string of the molecule is Cc1ccc(C(=O)OC[C@@H]2C[C@H](C)[C@H](c3[nH]nc4c(N)ncnc34)O2)cc1. The Hall–Kier alpha value is -3.00. The van der Waals surface area contributed by atoms with Crippen molar-refractivity contribution >= 4 is 22.8 Å². The van der Waals surface area contributed by atoms with Crippen molar-refractivity contribution in [2.45, 2.75) is 32.5 Å². The molecule has 3 heterocycles. The molecule has 2 aromatic heterocycles. The van der Waals surface area contributed by atoms with E-state index < -0.39 is 0 Å². The van der Waals surface area contributed by atoms with E-state index in [1.54, 1.807) is 12.1 Å². The number of H-pyrrole nitrogens is 1. The summed E-state index contributed by atoms with van der Waals surface area (Å²) in [7, 11) is 0. The van der Waals surface area contributed by atoms with Gasteiger partial charge in [-0.1, -0.05) is 24.6 Å². The summed E-state index contributed by atoms with van der Waals surface area (Å²) >= 11 is 0. The van der Waals surface area contributed by atoms with E-state index in [1.807, 2.05) is 19.1 Å². The van der Waals surface area contributed by atoms with Gasteiger partial charge in [0.1, 0.15) is 24.6 Å². The van der Waals surface area contributed by atoms with Gasteiger partial charge in [0.05, 0.1) is 17.4 Å². The van der Waals surface area contributed by atoms with Crippen LogP contribution in [0.1, 0.15) is 41.1 Å². The topological polar surface area (TPSA) is 116 Å². The Bertz CT molecular complexity index is 969. The number of rotatable bonds is 4. The molecule has 0 bridgehead atoms. The van der Waals surface area contributed by atoms with Crippen LogP contribution in [0.4, 0.5) is 5.82 Å². The minimum atomic E-state index is -0.345. The van der Waals surface area contributed by atoms with E-state index in [-0.39, 0.29) is 30.7 Å². The van der Waals surface area contributed by atoms with Crippen LogP contribution in [0.2, 0.25) is 0 Å². The Labute approximate surface area is 156 Å². The second-order valence-electron chi connectivity index (χ2n) is 6.95. The molecule has 140 valence electrons. The largest absolute Gasteiger partial charge is 0.459 e. The van der Waals surface area contributed by atoms with Gasteiger partial charge < -0.3 is 15.2 Å². The Kier molecular flexibility index (Phi) is 4.49. The van der Waals surface area contributed by atoms with Crippen molar-refractivity contribution in [3.8, 4) is 0 Å². The van der Waals surface area contributed by atoms with E-state index in [1.165, 1.54) is 6.33 Å². The summed E-state index contributed by atoms with van der Waals surface area (Å²) in [5.41, 5.74) is 9.46. The zero-order valence-corrected chi connectivity index (χ0v) is 15.2. The number of nitrogen functional groups attached to an aromatic ring is 1. The number of nitrogens with one attached hydrogen (secondary N) is 1. The number of carbonyl (C=O) groups is 1. The van der Waals surface area contributed by atoms with Crippen molar-refractivity contribution in [1.82, 2.24) is 20.2 Å². The zero-order chi connectivity index (χ0) is 19.0. The highest BCUT2D eigenvalue weighted by molar-refractivity contribution is 5.89. The van der Waals surface area contributed by atoms with Crippen LogP contribution < -0.4 is 5.73 Å². The molecular weight excluding hydrogens is 346 g/mol. The first-order valence-corrected chi connectivity index (χ1v) is 8.86. The van der Waals surface area contributed by atoms with Gasteiger partial charge in [-0.05, 0) is 31.4 Å². The van der Waals surface area contributed by atoms with E-state index in [0.29, 0.717) is 22.4 Å². The highest BCUT2D eigenvalue weighted by Crippen LogP contribution is 2.39. The quantitative estimate of drug-likeness (QED) is 0.681. The summed E-state index contributed by atoms with van der Waals surface area (Å²) in [6.45, 7) is 4.27. The lowest BCUT2D eigenvalue weighted by Gasteiger charge is -2.14. The Morgan fingerprint density at radius 3 is 2.85 bits per heavy atom. The van der Waals surface area contributed by atoms with Crippen LogP contribution in [0.3, 0.4) is 0 Å². The number of aromatic nitrogens is 4. The van der Waals surface area contributed by atoms with Gasteiger partial charge in [-0.2, -0.15) is 5.10 Å². The van der Waals surface area contributed by atoms with Gasteiger partial charge in [0.2, 0.25) is 0 Å². The lowest BCUT2D eigenvalue weighted by atomic mass is 9.99. The van der Waals surface area contributed by atoms with Crippen molar-refractivity contribution in [3.63, 3.8) is 0 Å². The maximum atomic E-state index is 12.2. The third-order valence-electron chi connectivity index (χ3n) is 4.86. The zero-order valence-electron chi connectivity index (χ0n) is 15.2. The van der Waals surface area contributed by atoms with Crippen molar-refractivity contribution in [2.75, 3.05) is 12.3 Å². The average Bonchev–Trinajstić information content (AvgIpc) is 3.24. The van der Waals surface area contributed by atoms with Crippen molar-refractivity contribution in [1.29, 1.82) is 0 Å². The van der Waals surface area contributed by atoms with Crippen LogP contribution in [-0.2, 0) is 9.47 Å². The number of nitrogens with two attached hydrogens (primary N) is 1. The van der Waals surface area contributed by atoms with Gasteiger partial charge in [0.25, 0.3) is 0 Å². The van der Waals surface area contributed by atoms with E-state index in [9.17, 15) is 4.79 Å². The molecule has 3 atom stereocenters. The predicted molar refractivity (Wildman–Crippen MR) is 99.0 cm³/mol. The molecule has 0 saturated carbocycles. The maximum Gasteiger partial charge on any atom is 0.338 e. The number of hydrogen-bond acceptors (Lipinski definition) is 7. The second kappa shape index (κ2) is 6.96. The first-order chi connectivity index (χ1) is 13.0. The maximum absolute atomic E-state index is 12.2. The first kappa shape index (κ1) is 17.4. The van der Waals surface area contributed by atoms with E-state index in [4.69, 9.17) is 15.2 Å². The van der Waals surface area contributed by atoms with E-state index >= 15 is 0 Å². The number of anilines is 1. The lowest BCUT2D eigenvalue weighted by molar-refractivity contribution is -0.0124. The molecule has 0 radical (unpaired) electrons. The third-order valence-corrected chi connectivity index (χ3v) is 4.86. The fourth-order valence-electron chi connectivity index (χ4n) is 3.40. The normalized spacial score (nSPS) is 22.2. The summed E-state index contributed by atoms with van der Waals surface area (Å²) in [5, 5.41) is 7.18. The number of ether oxygens (including phenoxy) is 2. The molecule has 1 aromatic carbocycles. The molecule has 1 saturated heterocycles. The van der Waals surface area contributed by atoms with Gasteiger partial charge >= 0.3 is 5.97 Å². The highest BCUT2D eigenvalue weighted by atomic mass is 16.6. The van der Waals surface area contributed by atoms with Crippen LogP contribution in [-0.4, -0.2) is 38.8 Å². The number of fused-ring (bicyclic) bond motifs is 1. The lowest BCUT2D eigenvalue weighted by Crippen LogP contribution is -2.18. The second-order valence-corrected chi connectivity index (χ2v) is 6.95. The van der Waals surface area contributed by atoms with E-state index in [0.717, 1.165) is 17.7 Å². The van der Waals surface area contributed by atoms with Crippen LogP contribution in [0.15, 0.2) is 30.6 Å². The third kappa shape index (κ3) is 3.35. The van der Waals surface area contributed by atoms with Crippen molar-refractivity contribution in [3.05, 3.63) is 47.4 Å². The fourth-order valence-corrected chi connectivity index (χ4v) is 3.40. The van der Waals surface area contributed by atoms with Gasteiger partial charge in [-0.3, -0.25) is 5.10 Å². The van der Waals surface area contributed by atoms with Crippen LogP contribution in [0, 0.1) is 12.8 Å². The van der Waals surface area contributed by atoms with Gasteiger partial charge in [0, 0.05) is 0 Å². The standard InChI is InChI=1S/C19H21N5O3/c1-10-3-5-12(6-4-10)19(25)26-8-13-7-11(2)17(27-13)15-14-16(24-23-15)18(20)22-9-21-14/h3-6,9,11,13,17H,7-8H2,1-2H3,(H,23,24)(H2,20,21,22)/t11-,13-,17+/m0/s1. The molecule has 0 unspecified atom stereocenters. The van der Waals surface area contributed by atoms with E-state index in [2.05, 4.69) is 27.1 Å². The Morgan fingerprint density at radius 2 is 2.07 bits per heavy atom. The molecule has 8 nitrogen and oxygen atoms in total. The number of nitrogens with zero attached hydrogens (tertiary/aromatic N) is 3. The molecule has 1 fully saturated rings. The Morgan fingerprint density at radius 1 is 1.30 bits per heavy atom. The highest BCUT2D eigenvalue weighted by Gasteiger charge is 2.36. The summed E-state index contributed by atoms with van der Waals surface area (Å²) in [6.07, 6.45) is 1.79. The first-order valence-electron chi connectivity index (χ1n) is 8.86. The molecular formula is C19H21N5O3. The molecule has 0 aliphatic carbocycles. The summed E-state index contributed by atoms with van der Waals surface area (Å²) in [6, 6.07) is 7.30. The van der Waals surface area contributed by atoms with Crippen LogP contribution in [0.5, 0.6) is 0 Å². The number of esters is 1. The van der Waals surface area contributed by atoms with Crippen LogP contribution in [0.25, 0.3) is 11.0 Å². The number of carbonyl (C=O) groups excluding carboxylic acids is 1. The molecule has 1 aliphatic rings. The molecule has 3 N–H and O–H groups in total. The predicted octanol–water partition coefficient (Wildman–Crippen LogP) is 2.57. The minimum Gasteiger partial charge on any atom is -0.459 e. The van der Waals surface area contributed by atoms with Crippen LogP contribution >= 0.6 is 0 Å². The smallest absolute Gasteiger partial charge is 0.338 e. The number of aromatic amines is 1. The van der Waals surface area contributed by atoms with Gasteiger partial charge in [-0.25, -0.2) is 14.8 Å². The number of benzene rings is 1. The molecule has 0 amide bonds. The number of aryl methyl sites for hydroxylation is 1. The minimum absolute atomic E-state index is 0.183. The molecule has 0 spiro atoms. The monoisotopic (exact) mass is 367 g/mol. The molecule has 8 heteroatoms. The molecule has 4 rings (SSSR count). The number of hydrogen-bond donors (Lipinski definition) is 2. The summed E-state index contributed by atoms with van der Waals surface area (Å²) in [5.74, 6) is 0.201. The molecule has 3 aromatic rings.